The second kappa shape index (κ2) is 4.91. The Hall–Kier alpha value is -0.660. The highest BCUT2D eigenvalue weighted by Crippen LogP contribution is 2.29. The molecule has 17 heavy (non-hydrogen) atoms. The fourth-order valence-electron chi connectivity index (χ4n) is 1.92. The largest absolute Gasteiger partial charge is 0.368 e. The second-order valence-electron chi connectivity index (χ2n) is 3.93. The predicted molar refractivity (Wildman–Crippen MR) is 72.0 cm³/mol. The van der Waals surface area contributed by atoms with E-state index in [1.165, 1.54) is 4.70 Å². The lowest BCUT2D eigenvalue weighted by molar-refractivity contribution is -0.0367. The van der Waals surface area contributed by atoms with Crippen molar-refractivity contribution in [1.82, 2.24) is 14.8 Å². The van der Waals surface area contributed by atoms with Gasteiger partial charge in [-0.15, -0.1) is 11.3 Å². The van der Waals surface area contributed by atoms with Crippen molar-refractivity contribution in [2.24, 2.45) is 0 Å². The molecule has 0 amide bonds. The number of hydrazine groups is 1. The van der Waals surface area contributed by atoms with Crippen LogP contribution in [0.5, 0.6) is 0 Å². The number of thiazole rings is 1. The van der Waals surface area contributed by atoms with Gasteiger partial charge in [0.15, 0.2) is 0 Å². The molecular formula is C11H13N3OS2. The smallest absolute Gasteiger partial charge is 0.124 e. The van der Waals surface area contributed by atoms with Crippen molar-refractivity contribution in [1.29, 1.82) is 0 Å². The Morgan fingerprint density at radius 1 is 1.47 bits per heavy atom. The first kappa shape index (κ1) is 11.4. The van der Waals surface area contributed by atoms with Gasteiger partial charge in [0, 0.05) is 13.1 Å². The average molecular weight is 267 g/mol. The molecular weight excluding hydrogens is 254 g/mol. The summed E-state index contributed by atoms with van der Waals surface area (Å²) in [6.07, 6.45) is 0.0424. The number of fused-ring (bicyclic) bond motifs is 1. The van der Waals surface area contributed by atoms with Crippen molar-refractivity contribution in [3.05, 3.63) is 29.3 Å². The highest BCUT2D eigenvalue weighted by molar-refractivity contribution is 7.78. The third-order valence-corrected chi connectivity index (χ3v) is 4.21. The van der Waals surface area contributed by atoms with Gasteiger partial charge in [-0.3, -0.25) is 0 Å². The van der Waals surface area contributed by atoms with Gasteiger partial charge >= 0.3 is 0 Å². The number of hydrogen-bond donors (Lipinski definition) is 2. The molecule has 0 bridgehead atoms. The third-order valence-electron chi connectivity index (χ3n) is 2.79. The van der Waals surface area contributed by atoms with Gasteiger partial charge < -0.3 is 4.74 Å². The Kier molecular flexibility index (Phi) is 3.30. The normalized spacial score (nSPS) is 22.1. The van der Waals surface area contributed by atoms with Crippen LogP contribution in [-0.2, 0) is 4.74 Å². The van der Waals surface area contributed by atoms with E-state index in [-0.39, 0.29) is 6.10 Å². The topological polar surface area (TPSA) is 37.4 Å². The first-order valence-electron chi connectivity index (χ1n) is 5.48. The summed E-state index contributed by atoms with van der Waals surface area (Å²) in [4.78, 5) is 7.48. The van der Waals surface area contributed by atoms with Crippen LogP contribution in [-0.4, -0.2) is 29.7 Å². The molecule has 1 aliphatic rings. The zero-order chi connectivity index (χ0) is 11.7. The minimum Gasteiger partial charge on any atom is -0.368 e. The van der Waals surface area contributed by atoms with Crippen LogP contribution in [0.15, 0.2) is 24.3 Å². The van der Waals surface area contributed by atoms with E-state index in [4.69, 9.17) is 4.74 Å². The number of benzene rings is 1. The number of rotatable bonds is 2. The van der Waals surface area contributed by atoms with Crippen LogP contribution in [0.1, 0.15) is 11.1 Å². The molecule has 0 radical (unpaired) electrons. The van der Waals surface area contributed by atoms with Crippen molar-refractivity contribution in [2.75, 3.05) is 19.7 Å². The number of nitrogens with one attached hydrogen (secondary N) is 1. The lowest BCUT2D eigenvalue weighted by atomic mass is 10.3. The second-order valence-corrected chi connectivity index (χ2v) is 5.19. The number of morpholine rings is 1. The Balaban J connectivity index is 1.87. The molecule has 1 aromatic carbocycles. The maximum atomic E-state index is 5.76. The molecule has 6 heteroatoms. The molecule has 90 valence electrons. The van der Waals surface area contributed by atoms with Crippen LogP contribution in [0.4, 0.5) is 0 Å². The number of thiol groups is 1. The molecule has 1 unspecified atom stereocenters. The summed E-state index contributed by atoms with van der Waals surface area (Å²) < 4.78 is 6.97. The third kappa shape index (κ3) is 2.31. The van der Waals surface area contributed by atoms with Crippen molar-refractivity contribution in [3.63, 3.8) is 0 Å². The maximum Gasteiger partial charge on any atom is 0.124 e. The zero-order valence-corrected chi connectivity index (χ0v) is 10.9. The standard InChI is InChI=1S/C11H13N3OS2/c16-13-14-5-6-15-9(7-14)11-12-8-3-1-2-4-10(8)17-11/h1-4,9,13,16H,5-7H2. The fraction of sp³-hybridized carbons (Fsp3) is 0.364. The Bertz CT molecular complexity index is 483. The summed E-state index contributed by atoms with van der Waals surface area (Å²) in [6.45, 7) is 2.34. The Morgan fingerprint density at radius 3 is 3.18 bits per heavy atom. The predicted octanol–water partition coefficient (Wildman–Crippen LogP) is 2.02. The molecule has 1 aliphatic heterocycles. The molecule has 0 aliphatic carbocycles. The van der Waals surface area contributed by atoms with E-state index >= 15 is 0 Å². The maximum absolute atomic E-state index is 5.76. The van der Waals surface area contributed by atoms with E-state index < -0.39 is 0 Å². The van der Waals surface area contributed by atoms with Crippen molar-refractivity contribution < 1.29 is 4.74 Å². The van der Waals surface area contributed by atoms with Gasteiger partial charge in [-0.1, -0.05) is 24.9 Å². The van der Waals surface area contributed by atoms with Gasteiger partial charge in [0.1, 0.15) is 11.1 Å². The summed E-state index contributed by atoms with van der Waals surface area (Å²) in [6, 6.07) is 8.17. The number of ether oxygens (including phenoxy) is 1. The summed E-state index contributed by atoms with van der Waals surface area (Å²) in [5, 5.41) is 3.07. The minimum atomic E-state index is 0.0424. The Morgan fingerprint density at radius 2 is 2.35 bits per heavy atom. The SMILES string of the molecule is SNN1CCOC(c2nc3ccccc3s2)C1. The molecule has 1 aromatic heterocycles. The van der Waals surface area contributed by atoms with Gasteiger partial charge in [-0.25, -0.2) is 14.8 Å². The van der Waals surface area contributed by atoms with Crippen LogP contribution in [0.3, 0.4) is 0 Å². The number of hydrogen-bond acceptors (Lipinski definition) is 6. The molecule has 1 N–H and O–H groups in total. The van der Waals surface area contributed by atoms with E-state index in [1.807, 2.05) is 23.2 Å². The van der Waals surface area contributed by atoms with E-state index in [0.717, 1.165) is 23.6 Å². The molecule has 0 spiro atoms. The van der Waals surface area contributed by atoms with E-state index in [9.17, 15) is 0 Å². The van der Waals surface area contributed by atoms with Crippen LogP contribution < -0.4 is 4.83 Å². The molecule has 0 saturated carbocycles. The fourth-order valence-corrected chi connectivity index (χ4v) is 3.11. The minimum absolute atomic E-state index is 0.0424. The van der Waals surface area contributed by atoms with Gasteiger partial charge in [0.25, 0.3) is 0 Å². The summed E-state index contributed by atoms with van der Waals surface area (Å²) in [5.41, 5.74) is 1.05. The van der Waals surface area contributed by atoms with E-state index in [1.54, 1.807) is 11.3 Å². The lowest BCUT2D eigenvalue weighted by Crippen LogP contribution is -2.43. The summed E-state index contributed by atoms with van der Waals surface area (Å²) in [7, 11) is 0. The van der Waals surface area contributed by atoms with Crippen molar-refractivity contribution in [3.8, 4) is 0 Å². The first-order chi connectivity index (χ1) is 8.36. The van der Waals surface area contributed by atoms with Crippen LogP contribution in [0, 0.1) is 0 Å². The first-order valence-corrected chi connectivity index (χ1v) is 6.75. The van der Waals surface area contributed by atoms with Crippen LogP contribution >= 0.6 is 24.2 Å². The van der Waals surface area contributed by atoms with Gasteiger partial charge in [0.2, 0.25) is 0 Å². The average Bonchev–Trinajstić information content (AvgIpc) is 2.82. The molecule has 2 heterocycles. The summed E-state index contributed by atoms with van der Waals surface area (Å²) in [5.74, 6) is 0. The monoisotopic (exact) mass is 267 g/mol. The highest BCUT2D eigenvalue weighted by atomic mass is 32.1. The van der Waals surface area contributed by atoms with Gasteiger partial charge in [-0.2, -0.15) is 0 Å². The Labute approximate surface area is 109 Å². The molecule has 3 rings (SSSR count). The summed E-state index contributed by atoms with van der Waals surface area (Å²) >= 11 is 5.77. The van der Waals surface area contributed by atoms with E-state index in [0.29, 0.717) is 6.61 Å². The lowest BCUT2D eigenvalue weighted by Gasteiger charge is -2.30. The molecule has 1 saturated heterocycles. The molecule has 1 fully saturated rings. The number of nitrogens with zero attached hydrogens (tertiary/aromatic N) is 2. The number of aromatic nitrogens is 1. The molecule has 4 nitrogen and oxygen atoms in total. The molecule has 1 atom stereocenters. The molecule has 2 aromatic rings. The van der Waals surface area contributed by atoms with Crippen molar-refractivity contribution >= 4 is 34.4 Å². The highest BCUT2D eigenvalue weighted by Gasteiger charge is 2.24. The van der Waals surface area contributed by atoms with E-state index in [2.05, 4.69) is 28.7 Å². The van der Waals surface area contributed by atoms with Crippen molar-refractivity contribution in [2.45, 2.75) is 6.10 Å². The van der Waals surface area contributed by atoms with Crippen LogP contribution in [0.2, 0.25) is 0 Å². The van der Waals surface area contributed by atoms with Crippen LogP contribution in [0.25, 0.3) is 10.2 Å². The van der Waals surface area contributed by atoms with Gasteiger partial charge in [0.05, 0.1) is 16.8 Å². The zero-order valence-electron chi connectivity index (χ0n) is 9.17. The number of para-hydroxylation sites is 1. The quantitative estimate of drug-likeness (QED) is 0.816. The van der Waals surface area contributed by atoms with Gasteiger partial charge in [-0.05, 0) is 12.1 Å².